The molecule has 11 heteroatoms. The number of carbonyl (C=O) groups excluding carboxylic acids is 1. The molecule has 2 saturated heterocycles. The SMILES string of the molecule is O=C(c1cc(S(=O)(=O)N2CCCCC2)ccc1Cl)N1CCN(c2cccc(C(F)(F)F)c2)CC1. The van der Waals surface area contributed by atoms with Crippen molar-refractivity contribution in [2.45, 2.75) is 30.3 Å². The van der Waals surface area contributed by atoms with Gasteiger partial charge in [-0.25, -0.2) is 8.42 Å². The second-order valence-electron chi connectivity index (χ2n) is 8.43. The van der Waals surface area contributed by atoms with Crippen molar-refractivity contribution in [3.05, 3.63) is 58.6 Å². The van der Waals surface area contributed by atoms with Crippen LogP contribution < -0.4 is 4.90 Å². The summed E-state index contributed by atoms with van der Waals surface area (Å²) in [6.45, 7) is 2.13. The molecule has 6 nitrogen and oxygen atoms in total. The number of alkyl halides is 3. The van der Waals surface area contributed by atoms with Crippen LogP contribution in [0.4, 0.5) is 18.9 Å². The van der Waals surface area contributed by atoms with Gasteiger partial charge in [-0.05, 0) is 49.2 Å². The molecule has 1 amide bonds. The molecule has 0 aliphatic carbocycles. The maximum absolute atomic E-state index is 13.2. The summed E-state index contributed by atoms with van der Waals surface area (Å²) in [5.41, 5.74) is -0.177. The lowest BCUT2D eigenvalue weighted by molar-refractivity contribution is -0.137. The molecular formula is C23H25ClF3N3O3S. The van der Waals surface area contributed by atoms with E-state index in [0.29, 0.717) is 31.9 Å². The van der Waals surface area contributed by atoms with Crippen molar-refractivity contribution < 1.29 is 26.4 Å². The van der Waals surface area contributed by atoms with Gasteiger partial charge in [0.25, 0.3) is 5.91 Å². The highest BCUT2D eigenvalue weighted by Gasteiger charge is 2.32. The topological polar surface area (TPSA) is 60.9 Å². The highest BCUT2D eigenvalue weighted by molar-refractivity contribution is 7.89. The van der Waals surface area contributed by atoms with Crippen molar-refractivity contribution in [2.75, 3.05) is 44.2 Å². The fraction of sp³-hybridized carbons (Fsp3) is 0.435. The quantitative estimate of drug-likeness (QED) is 0.602. The molecular weight excluding hydrogens is 491 g/mol. The van der Waals surface area contributed by atoms with Gasteiger partial charge >= 0.3 is 6.18 Å². The molecule has 0 radical (unpaired) electrons. The van der Waals surface area contributed by atoms with Crippen molar-refractivity contribution in [3.8, 4) is 0 Å². The Morgan fingerprint density at radius 2 is 1.56 bits per heavy atom. The summed E-state index contributed by atoms with van der Waals surface area (Å²) in [6, 6.07) is 9.26. The first-order valence-electron chi connectivity index (χ1n) is 11.1. The number of halogens is 4. The number of amides is 1. The summed E-state index contributed by atoms with van der Waals surface area (Å²) in [7, 11) is -3.72. The molecule has 0 saturated carbocycles. The lowest BCUT2D eigenvalue weighted by atomic mass is 10.1. The molecule has 34 heavy (non-hydrogen) atoms. The lowest BCUT2D eigenvalue weighted by Crippen LogP contribution is -2.49. The van der Waals surface area contributed by atoms with Crippen LogP contribution in [0.15, 0.2) is 47.4 Å². The maximum atomic E-state index is 13.2. The van der Waals surface area contributed by atoms with Crippen LogP contribution in [0.25, 0.3) is 0 Å². The van der Waals surface area contributed by atoms with Crippen LogP contribution >= 0.6 is 11.6 Å². The lowest BCUT2D eigenvalue weighted by Gasteiger charge is -2.36. The van der Waals surface area contributed by atoms with Gasteiger partial charge in [-0.2, -0.15) is 17.5 Å². The average molecular weight is 516 g/mol. The van der Waals surface area contributed by atoms with Crippen LogP contribution in [0.2, 0.25) is 5.02 Å². The number of piperidine rings is 1. The Balaban J connectivity index is 1.48. The summed E-state index contributed by atoms with van der Waals surface area (Å²) in [6.07, 6.45) is -1.84. The van der Waals surface area contributed by atoms with Gasteiger partial charge in [0.1, 0.15) is 0 Å². The van der Waals surface area contributed by atoms with E-state index >= 15 is 0 Å². The minimum absolute atomic E-state index is 0.0322. The number of hydrogen-bond donors (Lipinski definition) is 0. The smallest absolute Gasteiger partial charge is 0.368 e. The van der Waals surface area contributed by atoms with E-state index in [2.05, 4.69) is 0 Å². The third kappa shape index (κ3) is 5.18. The van der Waals surface area contributed by atoms with Crippen molar-refractivity contribution in [3.63, 3.8) is 0 Å². The van der Waals surface area contributed by atoms with Crippen molar-refractivity contribution in [2.24, 2.45) is 0 Å². The number of piperazine rings is 1. The minimum atomic E-state index is -4.43. The molecule has 2 heterocycles. The fourth-order valence-electron chi connectivity index (χ4n) is 4.30. The Bertz CT molecular complexity index is 1160. The van der Waals surface area contributed by atoms with E-state index < -0.39 is 27.7 Å². The number of carbonyl (C=O) groups is 1. The van der Waals surface area contributed by atoms with Gasteiger partial charge in [-0.15, -0.1) is 0 Å². The standard InChI is InChI=1S/C23H25ClF3N3O3S/c24-21-8-7-19(34(32,33)30-9-2-1-3-10-30)16-20(21)22(31)29-13-11-28(12-14-29)18-6-4-5-17(15-18)23(25,26)27/h4-8,15-16H,1-3,9-14H2. The minimum Gasteiger partial charge on any atom is -0.368 e. The third-order valence-corrected chi connectivity index (χ3v) is 8.45. The first-order chi connectivity index (χ1) is 16.1. The molecule has 4 rings (SSSR count). The number of nitrogens with zero attached hydrogens (tertiary/aromatic N) is 3. The fourth-order valence-corrected chi connectivity index (χ4v) is 6.04. The van der Waals surface area contributed by atoms with Gasteiger partial charge in [0.15, 0.2) is 0 Å². The zero-order valence-electron chi connectivity index (χ0n) is 18.4. The Kier molecular flexibility index (Phi) is 7.12. The van der Waals surface area contributed by atoms with Gasteiger partial charge < -0.3 is 9.80 Å². The summed E-state index contributed by atoms with van der Waals surface area (Å²) < 4.78 is 66.6. The van der Waals surface area contributed by atoms with E-state index in [1.54, 1.807) is 15.9 Å². The predicted molar refractivity (Wildman–Crippen MR) is 124 cm³/mol. The van der Waals surface area contributed by atoms with Gasteiger partial charge in [-0.1, -0.05) is 24.1 Å². The molecule has 0 unspecified atom stereocenters. The van der Waals surface area contributed by atoms with Crippen LogP contribution in [-0.2, 0) is 16.2 Å². The molecule has 0 spiro atoms. The van der Waals surface area contributed by atoms with Gasteiger partial charge in [0, 0.05) is 45.0 Å². The molecule has 0 aromatic heterocycles. The second kappa shape index (κ2) is 9.75. The highest BCUT2D eigenvalue weighted by Crippen LogP contribution is 2.32. The Hall–Kier alpha value is -2.30. The molecule has 0 N–H and O–H groups in total. The highest BCUT2D eigenvalue weighted by atomic mass is 35.5. The van der Waals surface area contributed by atoms with Crippen LogP contribution in [0, 0.1) is 0 Å². The van der Waals surface area contributed by atoms with Crippen LogP contribution in [-0.4, -0.2) is 62.8 Å². The largest absolute Gasteiger partial charge is 0.416 e. The van der Waals surface area contributed by atoms with Crippen molar-refractivity contribution in [1.29, 1.82) is 0 Å². The van der Waals surface area contributed by atoms with Gasteiger partial charge in [0.2, 0.25) is 10.0 Å². The normalized spacial score (nSPS) is 18.2. The summed E-state index contributed by atoms with van der Waals surface area (Å²) in [5.74, 6) is -0.399. The van der Waals surface area contributed by atoms with E-state index in [1.165, 1.54) is 28.6 Å². The monoisotopic (exact) mass is 515 g/mol. The van der Waals surface area contributed by atoms with Gasteiger partial charge in [0.05, 0.1) is 21.0 Å². The molecule has 184 valence electrons. The zero-order valence-corrected chi connectivity index (χ0v) is 20.0. The molecule has 2 aliphatic rings. The molecule has 2 aromatic carbocycles. The van der Waals surface area contributed by atoms with E-state index in [0.717, 1.165) is 31.4 Å². The summed E-state index contributed by atoms with van der Waals surface area (Å²) in [5, 5.41) is 0.155. The first kappa shape index (κ1) is 24.8. The molecule has 2 fully saturated rings. The number of benzene rings is 2. The maximum Gasteiger partial charge on any atom is 0.416 e. The average Bonchev–Trinajstić information content (AvgIpc) is 2.84. The van der Waals surface area contributed by atoms with Gasteiger partial charge in [-0.3, -0.25) is 4.79 Å². The molecule has 0 atom stereocenters. The van der Waals surface area contributed by atoms with E-state index in [1.807, 2.05) is 0 Å². The zero-order chi connectivity index (χ0) is 24.5. The van der Waals surface area contributed by atoms with Crippen LogP contribution in [0.3, 0.4) is 0 Å². The first-order valence-corrected chi connectivity index (χ1v) is 12.9. The molecule has 0 bridgehead atoms. The third-order valence-electron chi connectivity index (χ3n) is 6.23. The Morgan fingerprint density at radius 3 is 2.21 bits per heavy atom. The number of rotatable bonds is 4. The summed E-state index contributed by atoms with van der Waals surface area (Å²) >= 11 is 6.26. The predicted octanol–water partition coefficient (Wildman–Crippen LogP) is 4.50. The molecule has 2 aromatic rings. The Morgan fingerprint density at radius 1 is 0.882 bits per heavy atom. The Labute approximate surface area is 201 Å². The molecule has 2 aliphatic heterocycles. The van der Waals surface area contributed by atoms with E-state index in [-0.39, 0.29) is 28.6 Å². The number of sulfonamides is 1. The number of hydrogen-bond acceptors (Lipinski definition) is 4. The van der Waals surface area contributed by atoms with Crippen molar-refractivity contribution >= 4 is 33.2 Å². The summed E-state index contributed by atoms with van der Waals surface area (Å²) in [4.78, 5) is 16.5. The van der Waals surface area contributed by atoms with Crippen molar-refractivity contribution in [1.82, 2.24) is 9.21 Å². The second-order valence-corrected chi connectivity index (χ2v) is 10.8. The van der Waals surface area contributed by atoms with Crippen LogP contribution in [0.5, 0.6) is 0 Å². The number of anilines is 1. The van der Waals surface area contributed by atoms with E-state index in [9.17, 15) is 26.4 Å². The van der Waals surface area contributed by atoms with E-state index in [4.69, 9.17) is 11.6 Å². The van der Waals surface area contributed by atoms with Crippen LogP contribution in [0.1, 0.15) is 35.2 Å².